The van der Waals surface area contributed by atoms with Crippen LogP contribution in [0.25, 0.3) is 0 Å². The quantitative estimate of drug-likeness (QED) is 0.483. The molecule has 2 heteroatoms. The number of para-hydroxylation sites is 1. The van der Waals surface area contributed by atoms with Crippen LogP contribution in [0.4, 0.5) is 5.69 Å². The first-order valence-corrected chi connectivity index (χ1v) is 7.21. The van der Waals surface area contributed by atoms with Gasteiger partial charge in [0.15, 0.2) is 5.78 Å². The van der Waals surface area contributed by atoms with Crippen LogP contribution in [-0.2, 0) is 6.42 Å². The molecule has 0 aliphatic heterocycles. The fourth-order valence-electron chi connectivity index (χ4n) is 2.34. The van der Waals surface area contributed by atoms with Crippen molar-refractivity contribution in [2.24, 2.45) is 0 Å². The summed E-state index contributed by atoms with van der Waals surface area (Å²) in [7, 11) is 0. The van der Waals surface area contributed by atoms with E-state index in [0.29, 0.717) is 16.8 Å². The van der Waals surface area contributed by atoms with E-state index >= 15 is 0 Å². The van der Waals surface area contributed by atoms with Crippen LogP contribution in [0.2, 0.25) is 0 Å². The fourth-order valence-corrected chi connectivity index (χ4v) is 2.34. The number of carbonyl (C=O) groups is 1. The minimum absolute atomic E-state index is 0.000409. The molecule has 0 atom stereocenters. The highest BCUT2D eigenvalue weighted by atomic mass is 16.1. The summed E-state index contributed by atoms with van der Waals surface area (Å²) in [5.41, 5.74) is 9.20. The van der Waals surface area contributed by atoms with Gasteiger partial charge in [0.05, 0.1) is 0 Å². The van der Waals surface area contributed by atoms with Gasteiger partial charge in [-0.1, -0.05) is 62.2 Å². The van der Waals surface area contributed by atoms with Gasteiger partial charge in [0, 0.05) is 16.8 Å². The van der Waals surface area contributed by atoms with Crippen molar-refractivity contribution >= 4 is 11.5 Å². The molecule has 0 unspecified atom stereocenters. The number of aryl methyl sites for hydroxylation is 1. The second kappa shape index (κ2) is 6.90. The molecule has 0 radical (unpaired) electrons. The monoisotopic (exact) mass is 267 g/mol. The Labute approximate surface area is 120 Å². The second-order valence-electron chi connectivity index (χ2n) is 5.03. The second-order valence-corrected chi connectivity index (χ2v) is 5.03. The van der Waals surface area contributed by atoms with Crippen molar-refractivity contribution in [1.82, 2.24) is 0 Å². The van der Waals surface area contributed by atoms with Gasteiger partial charge in [0.1, 0.15) is 0 Å². The lowest BCUT2D eigenvalue weighted by atomic mass is 9.96. The van der Waals surface area contributed by atoms with Crippen LogP contribution in [0, 0.1) is 0 Å². The Kier molecular flexibility index (Phi) is 4.94. The largest absolute Gasteiger partial charge is 0.398 e. The van der Waals surface area contributed by atoms with Gasteiger partial charge in [-0.05, 0) is 24.5 Å². The number of carbonyl (C=O) groups excluding carboxylic acids is 1. The van der Waals surface area contributed by atoms with Gasteiger partial charge in [0.25, 0.3) is 0 Å². The molecule has 0 bridgehead atoms. The zero-order valence-corrected chi connectivity index (χ0v) is 11.9. The van der Waals surface area contributed by atoms with Crippen LogP contribution >= 0.6 is 0 Å². The average Bonchev–Trinajstić information content (AvgIpc) is 2.49. The SMILES string of the molecule is CCCCCc1cccc(C(=O)c2ccccc2)c1N. The minimum atomic E-state index is 0.000409. The van der Waals surface area contributed by atoms with E-state index in [4.69, 9.17) is 5.73 Å². The van der Waals surface area contributed by atoms with Gasteiger partial charge in [-0.15, -0.1) is 0 Å². The molecule has 20 heavy (non-hydrogen) atoms. The Morgan fingerprint density at radius 3 is 2.45 bits per heavy atom. The molecule has 2 aromatic carbocycles. The summed E-state index contributed by atoms with van der Waals surface area (Å²) in [6.07, 6.45) is 4.43. The molecule has 0 aromatic heterocycles. The molecule has 104 valence electrons. The van der Waals surface area contributed by atoms with Crippen molar-refractivity contribution in [2.75, 3.05) is 5.73 Å². The Balaban J connectivity index is 2.24. The number of nitrogen functional groups attached to an aromatic ring is 1. The molecule has 0 fully saturated rings. The molecule has 2 rings (SSSR count). The molecule has 2 N–H and O–H groups in total. The van der Waals surface area contributed by atoms with Gasteiger partial charge in [0.2, 0.25) is 0 Å². The maximum atomic E-state index is 12.5. The van der Waals surface area contributed by atoms with Gasteiger partial charge >= 0.3 is 0 Å². The molecular weight excluding hydrogens is 246 g/mol. The average molecular weight is 267 g/mol. The summed E-state index contributed by atoms with van der Waals surface area (Å²) < 4.78 is 0. The number of benzene rings is 2. The molecule has 0 heterocycles. The molecule has 0 saturated carbocycles. The summed E-state index contributed by atoms with van der Waals surface area (Å²) in [4.78, 5) is 12.5. The summed E-state index contributed by atoms with van der Waals surface area (Å²) in [5, 5.41) is 0. The Morgan fingerprint density at radius 2 is 1.75 bits per heavy atom. The van der Waals surface area contributed by atoms with Crippen molar-refractivity contribution in [3.63, 3.8) is 0 Å². The highest BCUT2D eigenvalue weighted by Crippen LogP contribution is 2.22. The number of anilines is 1. The first kappa shape index (κ1) is 14.3. The third kappa shape index (κ3) is 3.27. The van der Waals surface area contributed by atoms with Crippen molar-refractivity contribution in [2.45, 2.75) is 32.6 Å². The molecule has 2 nitrogen and oxygen atoms in total. The summed E-state index contributed by atoms with van der Waals surface area (Å²) in [6, 6.07) is 15.1. The van der Waals surface area contributed by atoms with Crippen LogP contribution in [-0.4, -0.2) is 5.78 Å². The van der Waals surface area contributed by atoms with Crippen molar-refractivity contribution in [3.05, 3.63) is 65.2 Å². The molecule has 0 amide bonds. The Hall–Kier alpha value is -2.09. The lowest BCUT2D eigenvalue weighted by molar-refractivity contribution is 0.103. The van der Waals surface area contributed by atoms with E-state index in [1.54, 1.807) is 0 Å². The number of unbranched alkanes of at least 4 members (excludes halogenated alkanes) is 2. The van der Waals surface area contributed by atoms with Crippen LogP contribution in [0.1, 0.15) is 47.7 Å². The third-order valence-electron chi connectivity index (χ3n) is 3.53. The molecule has 2 aromatic rings. The van der Waals surface area contributed by atoms with Crippen molar-refractivity contribution < 1.29 is 4.79 Å². The zero-order chi connectivity index (χ0) is 14.4. The summed E-state index contributed by atoms with van der Waals surface area (Å²) in [5.74, 6) is 0.000409. The van der Waals surface area contributed by atoms with Crippen LogP contribution < -0.4 is 5.73 Å². The smallest absolute Gasteiger partial charge is 0.195 e. The van der Waals surface area contributed by atoms with E-state index in [1.807, 2.05) is 48.5 Å². The van der Waals surface area contributed by atoms with Gasteiger partial charge < -0.3 is 5.73 Å². The number of hydrogen-bond donors (Lipinski definition) is 1. The highest BCUT2D eigenvalue weighted by Gasteiger charge is 2.13. The molecule has 0 saturated heterocycles. The number of hydrogen-bond acceptors (Lipinski definition) is 2. The summed E-state index contributed by atoms with van der Waals surface area (Å²) in [6.45, 7) is 2.18. The fraction of sp³-hybridized carbons (Fsp3) is 0.278. The van der Waals surface area contributed by atoms with E-state index < -0.39 is 0 Å². The lowest BCUT2D eigenvalue weighted by Crippen LogP contribution is -2.07. The van der Waals surface area contributed by atoms with Gasteiger partial charge in [-0.3, -0.25) is 4.79 Å². The van der Waals surface area contributed by atoms with E-state index in [1.165, 1.54) is 12.8 Å². The van der Waals surface area contributed by atoms with Crippen molar-refractivity contribution in [1.29, 1.82) is 0 Å². The maximum Gasteiger partial charge on any atom is 0.195 e. The van der Waals surface area contributed by atoms with Gasteiger partial charge in [-0.25, -0.2) is 0 Å². The zero-order valence-electron chi connectivity index (χ0n) is 11.9. The van der Waals surface area contributed by atoms with Crippen LogP contribution in [0.5, 0.6) is 0 Å². The van der Waals surface area contributed by atoms with E-state index in [9.17, 15) is 4.79 Å². The predicted molar refractivity (Wildman–Crippen MR) is 84.0 cm³/mol. The number of nitrogens with two attached hydrogens (primary N) is 1. The summed E-state index contributed by atoms with van der Waals surface area (Å²) >= 11 is 0. The van der Waals surface area contributed by atoms with E-state index in [2.05, 4.69) is 6.92 Å². The van der Waals surface area contributed by atoms with Gasteiger partial charge in [-0.2, -0.15) is 0 Å². The normalized spacial score (nSPS) is 10.4. The standard InChI is InChI=1S/C18H21NO/c1-2-3-5-9-14-12-8-13-16(17(14)19)18(20)15-10-6-4-7-11-15/h4,6-8,10-13H,2-3,5,9,19H2,1H3. The number of ketones is 1. The third-order valence-corrected chi connectivity index (χ3v) is 3.53. The van der Waals surface area contributed by atoms with Crippen LogP contribution in [0.3, 0.4) is 0 Å². The Bertz CT molecular complexity index is 575. The number of rotatable bonds is 6. The molecule has 0 aliphatic rings. The molecular formula is C18H21NO. The first-order chi connectivity index (χ1) is 9.74. The minimum Gasteiger partial charge on any atom is -0.398 e. The topological polar surface area (TPSA) is 43.1 Å². The van der Waals surface area contributed by atoms with Crippen LogP contribution in [0.15, 0.2) is 48.5 Å². The van der Waals surface area contributed by atoms with E-state index in [0.717, 1.165) is 18.4 Å². The van der Waals surface area contributed by atoms with E-state index in [-0.39, 0.29) is 5.78 Å². The highest BCUT2D eigenvalue weighted by molar-refractivity contribution is 6.12. The molecule has 0 spiro atoms. The molecule has 0 aliphatic carbocycles. The first-order valence-electron chi connectivity index (χ1n) is 7.21. The van der Waals surface area contributed by atoms with Crippen molar-refractivity contribution in [3.8, 4) is 0 Å². The predicted octanol–water partition coefficient (Wildman–Crippen LogP) is 4.23. The lowest BCUT2D eigenvalue weighted by Gasteiger charge is -2.10. The maximum absolute atomic E-state index is 12.5. The Morgan fingerprint density at radius 1 is 1.00 bits per heavy atom.